The number of likely N-dealkylation sites (tertiary alicyclic amines) is 1. The van der Waals surface area contributed by atoms with Crippen LogP contribution in [0.2, 0.25) is 0 Å². The highest BCUT2D eigenvalue weighted by Gasteiger charge is 2.45. The number of carbonyl (C=O) groups is 2. The molecule has 1 heterocycles. The summed E-state index contributed by atoms with van der Waals surface area (Å²) in [4.78, 5) is 30.2. The molecule has 6 heteroatoms. The molecule has 0 aromatic heterocycles. The van der Waals surface area contributed by atoms with Crippen LogP contribution in [0.4, 0.5) is 0 Å². The molecule has 1 fully saturated rings. The van der Waals surface area contributed by atoms with Gasteiger partial charge in [0, 0.05) is 12.1 Å². The molecule has 6 nitrogen and oxygen atoms in total. The molecule has 1 unspecified atom stereocenters. The second kappa shape index (κ2) is 11.7. The Kier molecular flexibility index (Phi) is 8.96. The third-order valence-corrected chi connectivity index (χ3v) is 6.67. The topological polar surface area (TPSA) is 70.1 Å². The molecule has 1 aliphatic heterocycles. The molecular weight excluding hydrogens is 452 g/mol. The predicted octanol–water partition coefficient (Wildman–Crippen LogP) is 5.71. The van der Waals surface area contributed by atoms with Gasteiger partial charge in [-0.05, 0) is 80.7 Å². The highest BCUT2D eigenvalue weighted by atomic mass is 16.5. The second-order valence-electron chi connectivity index (χ2n) is 10.3. The number of hydrogen-bond acceptors (Lipinski definition) is 5. The van der Waals surface area contributed by atoms with Gasteiger partial charge in [0.1, 0.15) is 11.5 Å². The van der Waals surface area contributed by atoms with Crippen LogP contribution in [0.5, 0.6) is 5.75 Å². The van der Waals surface area contributed by atoms with E-state index >= 15 is 0 Å². The van der Waals surface area contributed by atoms with Crippen LogP contribution in [0.25, 0.3) is 5.76 Å². The summed E-state index contributed by atoms with van der Waals surface area (Å²) in [5.74, 6) is -0.0742. The van der Waals surface area contributed by atoms with Crippen molar-refractivity contribution in [1.82, 2.24) is 9.80 Å². The van der Waals surface area contributed by atoms with Crippen LogP contribution in [0, 0.1) is 0 Å². The molecule has 1 atom stereocenters. The first-order valence-electron chi connectivity index (χ1n) is 12.9. The lowest BCUT2D eigenvalue weighted by Crippen LogP contribution is -2.32. The maximum atomic E-state index is 13.3. The molecule has 3 rings (SSSR count). The van der Waals surface area contributed by atoms with E-state index in [1.807, 2.05) is 57.4 Å². The highest BCUT2D eigenvalue weighted by molar-refractivity contribution is 6.46. The van der Waals surface area contributed by atoms with E-state index in [2.05, 4.69) is 32.6 Å². The van der Waals surface area contributed by atoms with Crippen molar-refractivity contribution in [3.05, 3.63) is 70.3 Å². The number of carbonyl (C=O) groups excluding carboxylic acids is 2. The fourth-order valence-electron chi connectivity index (χ4n) is 4.67. The van der Waals surface area contributed by atoms with Crippen LogP contribution < -0.4 is 4.74 Å². The molecule has 0 aliphatic carbocycles. The van der Waals surface area contributed by atoms with E-state index in [-0.39, 0.29) is 17.3 Å². The summed E-state index contributed by atoms with van der Waals surface area (Å²) in [6, 6.07) is 12.8. The lowest BCUT2D eigenvalue weighted by molar-refractivity contribution is -0.139. The summed E-state index contributed by atoms with van der Waals surface area (Å²) in [6.07, 6.45) is 0.723. The largest absolute Gasteiger partial charge is 0.507 e. The normalized spacial score (nSPS) is 17.6. The van der Waals surface area contributed by atoms with Crippen molar-refractivity contribution in [3.63, 3.8) is 0 Å². The van der Waals surface area contributed by atoms with Crippen LogP contribution in [0.1, 0.15) is 81.2 Å². The van der Waals surface area contributed by atoms with Crippen molar-refractivity contribution in [2.45, 2.75) is 58.9 Å². The minimum absolute atomic E-state index is 0.140. The van der Waals surface area contributed by atoms with E-state index in [0.29, 0.717) is 24.6 Å². The molecule has 0 bridgehead atoms. The quantitative estimate of drug-likeness (QED) is 0.262. The Balaban J connectivity index is 2.13. The van der Waals surface area contributed by atoms with Gasteiger partial charge in [0.05, 0.1) is 18.2 Å². The van der Waals surface area contributed by atoms with Gasteiger partial charge in [-0.15, -0.1) is 0 Å². The molecule has 0 saturated carbocycles. The van der Waals surface area contributed by atoms with Crippen molar-refractivity contribution < 1.29 is 19.4 Å². The van der Waals surface area contributed by atoms with Crippen LogP contribution in [-0.2, 0) is 9.59 Å². The summed E-state index contributed by atoms with van der Waals surface area (Å²) < 4.78 is 5.77. The summed E-state index contributed by atoms with van der Waals surface area (Å²) in [6.45, 7) is 12.1. The SMILES string of the molecule is CCOc1ccc(/C(O)=C2/C(=O)C(=O)N(CCCN(C)C)C2c2ccc(C(C)C)cc2)cc1C(C)C. The van der Waals surface area contributed by atoms with E-state index in [1.54, 1.807) is 11.0 Å². The molecule has 0 spiro atoms. The van der Waals surface area contributed by atoms with Gasteiger partial charge in [-0.1, -0.05) is 52.0 Å². The van der Waals surface area contributed by atoms with Gasteiger partial charge >= 0.3 is 0 Å². The number of hydrogen-bond donors (Lipinski definition) is 1. The smallest absolute Gasteiger partial charge is 0.295 e. The van der Waals surface area contributed by atoms with Gasteiger partial charge in [0.15, 0.2) is 0 Å². The lowest BCUT2D eigenvalue weighted by Gasteiger charge is -2.26. The van der Waals surface area contributed by atoms with Gasteiger partial charge in [0.25, 0.3) is 11.7 Å². The van der Waals surface area contributed by atoms with Crippen LogP contribution >= 0.6 is 0 Å². The van der Waals surface area contributed by atoms with Gasteiger partial charge < -0.3 is 19.6 Å². The van der Waals surface area contributed by atoms with Crippen LogP contribution in [0.15, 0.2) is 48.0 Å². The number of amides is 1. The number of rotatable bonds is 10. The predicted molar refractivity (Wildman–Crippen MR) is 144 cm³/mol. The Morgan fingerprint density at radius 1 is 1.03 bits per heavy atom. The number of nitrogens with zero attached hydrogens (tertiary/aromatic N) is 2. The first kappa shape index (κ1) is 27.5. The first-order chi connectivity index (χ1) is 17.1. The molecule has 1 aliphatic rings. The zero-order chi connectivity index (χ0) is 26.6. The van der Waals surface area contributed by atoms with E-state index in [9.17, 15) is 14.7 Å². The molecule has 194 valence electrons. The molecule has 36 heavy (non-hydrogen) atoms. The maximum absolute atomic E-state index is 13.3. The van der Waals surface area contributed by atoms with Gasteiger partial charge in [-0.2, -0.15) is 0 Å². The van der Waals surface area contributed by atoms with Crippen molar-refractivity contribution in [2.75, 3.05) is 33.8 Å². The Bertz CT molecular complexity index is 1120. The second-order valence-corrected chi connectivity index (χ2v) is 10.3. The number of ketones is 1. The number of aliphatic hydroxyl groups is 1. The van der Waals surface area contributed by atoms with Crippen molar-refractivity contribution in [1.29, 1.82) is 0 Å². The lowest BCUT2D eigenvalue weighted by atomic mass is 9.92. The fourth-order valence-corrected chi connectivity index (χ4v) is 4.67. The minimum atomic E-state index is -0.643. The van der Waals surface area contributed by atoms with Crippen molar-refractivity contribution in [3.8, 4) is 5.75 Å². The van der Waals surface area contributed by atoms with E-state index in [1.165, 1.54) is 5.56 Å². The third-order valence-electron chi connectivity index (χ3n) is 6.67. The monoisotopic (exact) mass is 492 g/mol. The van der Waals surface area contributed by atoms with Crippen LogP contribution in [0.3, 0.4) is 0 Å². The molecule has 1 N–H and O–H groups in total. The number of benzene rings is 2. The average molecular weight is 493 g/mol. The van der Waals surface area contributed by atoms with E-state index in [4.69, 9.17) is 4.74 Å². The molecule has 1 amide bonds. The maximum Gasteiger partial charge on any atom is 0.295 e. The number of Topliss-reactive ketones (excluding diaryl/α,β-unsaturated/α-hetero) is 1. The summed E-state index contributed by atoms with van der Waals surface area (Å²) in [5, 5.41) is 11.5. The average Bonchev–Trinajstić information content (AvgIpc) is 3.08. The summed E-state index contributed by atoms with van der Waals surface area (Å²) >= 11 is 0. The molecule has 2 aromatic carbocycles. The Morgan fingerprint density at radius 3 is 2.25 bits per heavy atom. The Morgan fingerprint density at radius 2 is 1.69 bits per heavy atom. The van der Waals surface area contributed by atoms with E-state index in [0.717, 1.165) is 29.8 Å². The minimum Gasteiger partial charge on any atom is -0.507 e. The fraction of sp³-hybridized carbons (Fsp3) is 0.467. The zero-order valence-corrected chi connectivity index (χ0v) is 22.7. The molecule has 0 radical (unpaired) electrons. The molecule has 1 saturated heterocycles. The van der Waals surface area contributed by atoms with Crippen LogP contribution in [-0.4, -0.2) is 60.4 Å². The Hall–Kier alpha value is -3.12. The zero-order valence-electron chi connectivity index (χ0n) is 22.7. The standard InChI is InChI=1S/C30H40N2O4/c1-8-36-25-15-14-23(18-24(25)20(4)5)28(33)26-27(22-12-10-21(11-13-22)19(2)3)32(30(35)29(26)34)17-9-16-31(6)7/h10-15,18-20,27,33H,8-9,16-17H2,1-7H3/b28-26-. The highest BCUT2D eigenvalue weighted by Crippen LogP contribution is 2.40. The van der Waals surface area contributed by atoms with Gasteiger partial charge in [-0.25, -0.2) is 0 Å². The van der Waals surface area contributed by atoms with Crippen molar-refractivity contribution in [2.24, 2.45) is 0 Å². The Labute approximate surface area is 215 Å². The molecular formula is C30H40N2O4. The summed E-state index contributed by atoms with van der Waals surface area (Å²) in [5.41, 5.74) is 3.59. The van der Waals surface area contributed by atoms with Crippen molar-refractivity contribution >= 4 is 17.4 Å². The third kappa shape index (κ3) is 5.81. The number of ether oxygens (including phenoxy) is 1. The number of aliphatic hydroxyl groups excluding tert-OH is 1. The first-order valence-corrected chi connectivity index (χ1v) is 12.9. The summed E-state index contributed by atoms with van der Waals surface area (Å²) in [7, 11) is 3.96. The van der Waals surface area contributed by atoms with Gasteiger partial charge in [-0.3, -0.25) is 9.59 Å². The molecule has 2 aromatic rings. The van der Waals surface area contributed by atoms with Gasteiger partial charge in [0.2, 0.25) is 0 Å². The van der Waals surface area contributed by atoms with E-state index < -0.39 is 17.7 Å².